The van der Waals surface area contributed by atoms with E-state index < -0.39 is 34.4 Å². The molecule has 0 radical (unpaired) electrons. The number of ether oxygens (including phenoxy) is 1. The quantitative estimate of drug-likeness (QED) is 0.335. The van der Waals surface area contributed by atoms with Crippen LogP contribution in [0.5, 0.6) is 0 Å². The third-order valence-corrected chi connectivity index (χ3v) is 2.69. The van der Waals surface area contributed by atoms with Gasteiger partial charge in [0.1, 0.15) is 6.04 Å². The number of halogens is 3. The predicted molar refractivity (Wildman–Crippen MR) is 54.4 cm³/mol. The van der Waals surface area contributed by atoms with Gasteiger partial charge in [0.25, 0.3) is 0 Å². The van der Waals surface area contributed by atoms with E-state index in [-0.39, 0.29) is 12.3 Å². The fourth-order valence-electron chi connectivity index (χ4n) is 0.923. The summed E-state index contributed by atoms with van der Waals surface area (Å²) in [6.07, 6.45) is 0.255. The molecule has 0 rings (SSSR count). The highest BCUT2D eigenvalue weighted by molar-refractivity contribution is 7.87. The van der Waals surface area contributed by atoms with E-state index in [9.17, 15) is 26.4 Å². The Balaban J connectivity index is 4.18. The van der Waals surface area contributed by atoms with Crippen molar-refractivity contribution in [1.29, 1.82) is 0 Å². The van der Waals surface area contributed by atoms with Gasteiger partial charge in [-0.3, -0.25) is 4.79 Å². The number of hydrogen-bond donors (Lipinski definition) is 1. The van der Waals surface area contributed by atoms with Crippen LogP contribution in [0.4, 0.5) is 13.2 Å². The van der Waals surface area contributed by atoms with E-state index in [1.165, 1.54) is 0 Å². The third kappa shape index (κ3) is 5.65. The molecule has 0 bridgehead atoms. The molecular weight excluding hydrogens is 279 g/mol. The van der Waals surface area contributed by atoms with E-state index in [1.807, 2.05) is 0 Å². The van der Waals surface area contributed by atoms with Crippen molar-refractivity contribution in [2.45, 2.75) is 31.8 Å². The summed E-state index contributed by atoms with van der Waals surface area (Å²) < 4.78 is 63.9. The van der Waals surface area contributed by atoms with Crippen molar-refractivity contribution in [1.82, 2.24) is 0 Å². The number of hydrogen-bond acceptors (Lipinski definition) is 6. The fourth-order valence-corrected chi connectivity index (χ4v) is 1.23. The second-order valence-electron chi connectivity index (χ2n) is 3.83. The molecule has 2 N–H and O–H groups in total. The molecule has 0 aliphatic heterocycles. The number of carbonyl (C=O) groups is 1. The van der Waals surface area contributed by atoms with Crippen LogP contribution in [-0.4, -0.2) is 32.7 Å². The number of carbonyl (C=O) groups excluding carboxylic acids is 1. The van der Waals surface area contributed by atoms with Gasteiger partial charge in [-0.25, -0.2) is 4.18 Å². The average molecular weight is 293 g/mol. The summed E-state index contributed by atoms with van der Waals surface area (Å²) in [6.45, 7) is 2.20. The molecule has 0 amide bonds. The van der Waals surface area contributed by atoms with Crippen LogP contribution in [0.3, 0.4) is 0 Å². The van der Waals surface area contributed by atoms with E-state index >= 15 is 0 Å². The van der Waals surface area contributed by atoms with Crippen molar-refractivity contribution in [3.05, 3.63) is 0 Å². The van der Waals surface area contributed by atoms with Gasteiger partial charge in [-0.1, -0.05) is 13.8 Å². The summed E-state index contributed by atoms with van der Waals surface area (Å²) in [4.78, 5) is 11.1. The van der Waals surface area contributed by atoms with E-state index in [0.29, 0.717) is 0 Å². The first-order valence-electron chi connectivity index (χ1n) is 4.85. The zero-order valence-corrected chi connectivity index (χ0v) is 10.5. The lowest BCUT2D eigenvalue weighted by Gasteiger charge is -2.13. The van der Waals surface area contributed by atoms with Crippen LogP contribution in [0.25, 0.3) is 0 Å². The minimum absolute atomic E-state index is 0.0763. The Bertz CT molecular complexity index is 379. The molecule has 0 fully saturated rings. The van der Waals surface area contributed by atoms with E-state index in [0.717, 1.165) is 0 Å². The standard InChI is InChI=1S/C8H14F3NO5S/c1-5(2)3-6(12)7(13)16-4-17-18(14,15)8(9,10)11/h5-6H,3-4,12H2,1-2H3. The van der Waals surface area contributed by atoms with Gasteiger partial charge >= 0.3 is 21.6 Å². The van der Waals surface area contributed by atoms with Crippen LogP contribution in [0, 0.1) is 5.92 Å². The van der Waals surface area contributed by atoms with E-state index in [1.54, 1.807) is 13.8 Å². The van der Waals surface area contributed by atoms with Crippen molar-refractivity contribution < 1.29 is 35.3 Å². The minimum Gasteiger partial charge on any atom is -0.436 e. The molecule has 0 saturated heterocycles. The van der Waals surface area contributed by atoms with Gasteiger partial charge in [-0.05, 0) is 12.3 Å². The molecule has 0 saturated carbocycles. The first-order valence-corrected chi connectivity index (χ1v) is 6.26. The number of rotatable bonds is 6. The van der Waals surface area contributed by atoms with Crippen molar-refractivity contribution in [2.24, 2.45) is 11.7 Å². The van der Waals surface area contributed by atoms with E-state index in [4.69, 9.17) is 5.73 Å². The van der Waals surface area contributed by atoms with Gasteiger partial charge < -0.3 is 10.5 Å². The summed E-state index contributed by atoms with van der Waals surface area (Å²) in [5, 5.41) is 0. The number of nitrogens with two attached hydrogens (primary N) is 1. The summed E-state index contributed by atoms with van der Waals surface area (Å²) in [5.74, 6) is -0.951. The largest absolute Gasteiger partial charge is 0.523 e. The Labute approximate surface area is 102 Å². The molecular formula is C8H14F3NO5S. The van der Waals surface area contributed by atoms with Gasteiger partial charge in [-0.15, -0.1) is 0 Å². The highest BCUT2D eigenvalue weighted by atomic mass is 32.2. The van der Waals surface area contributed by atoms with Crippen LogP contribution >= 0.6 is 0 Å². The van der Waals surface area contributed by atoms with Gasteiger partial charge in [0.05, 0.1) is 0 Å². The third-order valence-electron chi connectivity index (χ3n) is 1.72. The maximum absolute atomic E-state index is 11.8. The summed E-state index contributed by atoms with van der Waals surface area (Å²) in [6, 6.07) is -1.04. The normalized spacial score (nSPS) is 14.6. The first-order chi connectivity index (χ1) is 7.97. The van der Waals surface area contributed by atoms with Gasteiger partial charge in [0, 0.05) is 0 Å². The Morgan fingerprint density at radius 1 is 1.33 bits per heavy atom. The average Bonchev–Trinajstić information content (AvgIpc) is 2.14. The van der Waals surface area contributed by atoms with Crippen LogP contribution in [0.2, 0.25) is 0 Å². The van der Waals surface area contributed by atoms with Crippen LogP contribution < -0.4 is 5.73 Å². The Morgan fingerprint density at radius 3 is 2.22 bits per heavy atom. The molecule has 108 valence electrons. The molecule has 0 spiro atoms. The minimum atomic E-state index is -5.76. The van der Waals surface area contributed by atoms with Crippen molar-refractivity contribution in [3.63, 3.8) is 0 Å². The number of esters is 1. The maximum Gasteiger partial charge on any atom is 0.523 e. The SMILES string of the molecule is CC(C)CC(N)C(=O)OCOS(=O)(=O)C(F)(F)F. The lowest BCUT2D eigenvalue weighted by molar-refractivity contribution is -0.153. The van der Waals surface area contributed by atoms with Gasteiger partial charge in [0.15, 0.2) is 0 Å². The van der Waals surface area contributed by atoms with Crippen LogP contribution in [0.1, 0.15) is 20.3 Å². The molecule has 0 heterocycles. The fraction of sp³-hybridized carbons (Fsp3) is 0.875. The maximum atomic E-state index is 11.8. The smallest absolute Gasteiger partial charge is 0.436 e. The topological polar surface area (TPSA) is 95.7 Å². The Hall–Kier alpha value is -0.870. The zero-order valence-electron chi connectivity index (χ0n) is 9.73. The van der Waals surface area contributed by atoms with Gasteiger partial charge in [0.2, 0.25) is 6.79 Å². The molecule has 1 atom stereocenters. The number of alkyl halides is 3. The predicted octanol–water partition coefficient (Wildman–Crippen LogP) is 0.727. The lowest BCUT2D eigenvalue weighted by atomic mass is 10.1. The van der Waals surface area contributed by atoms with Crippen LogP contribution in [0.15, 0.2) is 0 Å². The molecule has 18 heavy (non-hydrogen) atoms. The molecule has 10 heteroatoms. The lowest BCUT2D eigenvalue weighted by Crippen LogP contribution is -2.35. The molecule has 0 aromatic heterocycles. The summed E-state index contributed by atoms with van der Waals surface area (Å²) in [5.41, 5.74) is -0.204. The second-order valence-corrected chi connectivity index (χ2v) is 5.44. The molecule has 1 unspecified atom stereocenters. The molecule has 0 aromatic carbocycles. The molecule has 6 nitrogen and oxygen atoms in total. The van der Waals surface area contributed by atoms with E-state index in [2.05, 4.69) is 8.92 Å². The molecule has 0 aliphatic carbocycles. The summed E-state index contributed by atoms with van der Waals surface area (Å²) in [7, 11) is -5.76. The van der Waals surface area contributed by atoms with Crippen LogP contribution in [-0.2, 0) is 23.8 Å². The first kappa shape index (κ1) is 17.1. The second kappa shape index (κ2) is 6.34. The van der Waals surface area contributed by atoms with Crippen molar-refractivity contribution in [2.75, 3.05) is 6.79 Å². The monoisotopic (exact) mass is 293 g/mol. The molecule has 0 aromatic rings. The highest BCUT2D eigenvalue weighted by Crippen LogP contribution is 2.24. The Morgan fingerprint density at radius 2 is 1.83 bits per heavy atom. The van der Waals surface area contributed by atoms with Gasteiger partial charge in [-0.2, -0.15) is 21.6 Å². The van der Waals surface area contributed by atoms with Crippen molar-refractivity contribution >= 4 is 16.1 Å². The zero-order chi connectivity index (χ0) is 14.6. The Kier molecular flexibility index (Phi) is 6.04. The molecule has 0 aliphatic rings. The highest BCUT2D eigenvalue weighted by Gasteiger charge is 2.47. The summed E-state index contributed by atoms with van der Waals surface area (Å²) >= 11 is 0. The van der Waals surface area contributed by atoms with Crippen molar-refractivity contribution in [3.8, 4) is 0 Å².